The topological polar surface area (TPSA) is 51.4 Å². The largest absolute Gasteiger partial charge is 0.378 e. The summed E-state index contributed by atoms with van der Waals surface area (Å²) in [7, 11) is 0. The number of pyridine rings is 1. The number of hydrogen-bond acceptors (Lipinski definition) is 4. The summed E-state index contributed by atoms with van der Waals surface area (Å²) in [5.74, 6) is 0. The number of anilines is 1. The molecule has 0 atom stereocenters. The van der Waals surface area contributed by atoms with Gasteiger partial charge in [-0.15, -0.1) is 0 Å². The zero-order valence-electron chi connectivity index (χ0n) is 11.1. The van der Waals surface area contributed by atoms with Crippen LogP contribution in [0.25, 0.3) is 0 Å². The Morgan fingerprint density at radius 3 is 2.89 bits per heavy atom. The Morgan fingerprint density at radius 1 is 1.44 bits per heavy atom. The Kier molecular flexibility index (Phi) is 4.96. The molecule has 0 aliphatic carbocycles. The van der Waals surface area contributed by atoms with Gasteiger partial charge in [-0.3, -0.25) is 4.98 Å². The van der Waals surface area contributed by atoms with Crippen LogP contribution in [0.5, 0.6) is 0 Å². The SMILES string of the molecule is Cc1cc(N2CCC(OCCCN)CC2)ccn1. The third-order valence-electron chi connectivity index (χ3n) is 3.39. The van der Waals surface area contributed by atoms with Crippen LogP contribution in [0.15, 0.2) is 18.3 Å². The monoisotopic (exact) mass is 249 g/mol. The second-order valence-electron chi connectivity index (χ2n) is 4.85. The molecule has 0 spiro atoms. The lowest BCUT2D eigenvalue weighted by molar-refractivity contribution is 0.0366. The number of rotatable bonds is 5. The molecule has 0 amide bonds. The summed E-state index contributed by atoms with van der Waals surface area (Å²) >= 11 is 0. The summed E-state index contributed by atoms with van der Waals surface area (Å²) in [5.41, 5.74) is 7.82. The summed E-state index contributed by atoms with van der Waals surface area (Å²) < 4.78 is 5.81. The molecule has 4 nitrogen and oxygen atoms in total. The van der Waals surface area contributed by atoms with Crippen LogP contribution in [0, 0.1) is 6.92 Å². The van der Waals surface area contributed by atoms with Crippen molar-refractivity contribution >= 4 is 5.69 Å². The zero-order chi connectivity index (χ0) is 12.8. The molecule has 1 aliphatic heterocycles. The maximum Gasteiger partial charge on any atom is 0.0608 e. The molecule has 1 aromatic rings. The first-order chi connectivity index (χ1) is 8.79. The van der Waals surface area contributed by atoms with Gasteiger partial charge in [0, 0.05) is 37.3 Å². The molecule has 0 aromatic carbocycles. The van der Waals surface area contributed by atoms with E-state index in [1.54, 1.807) is 0 Å². The van der Waals surface area contributed by atoms with E-state index in [0.29, 0.717) is 6.10 Å². The van der Waals surface area contributed by atoms with Gasteiger partial charge >= 0.3 is 0 Å². The molecule has 2 rings (SSSR count). The van der Waals surface area contributed by atoms with Crippen LogP contribution in [0.4, 0.5) is 5.69 Å². The van der Waals surface area contributed by atoms with Crippen molar-refractivity contribution in [2.24, 2.45) is 5.73 Å². The van der Waals surface area contributed by atoms with E-state index in [1.807, 2.05) is 13.1 Å². The number of ether oxygens (including phenoxy) is 1. The fourth-order valence-corrected chi connectivity index (χ4v) is 2.34. The second-order valence-corrected chi connectivity index (χ2v) is 4.85. The van der Waals surface area contributed by atoms with Crippen molar-refractivity contribution in [3.63, 3.8) is 0 Å². The first-order valence-electron chi connectivity index (χ1n) is 6.79. The third-order valence-corrected chi connectivity index (χ3v) is 3.39. The molecule has 0 radical (unpaired) electrons. The minimum atomic E-state index is 0.413. The smallest absolute Gasteiger partial charge is 0.0608 e. The Morgan fingerprint density at radius 2 is 2.22 bits per heavy atom. The predicted octanol–water partition coefficient (Wildman–Crippen LogP) is 1.72. The van der Waals surface area contributed by atoms with Crippen molar-refractivity contribution in [2.45, 2.75) is 32.3 Å². The minimum absolute atomic E-state index is 0.413. The molecule has 1 aliphatic rings. The normalized spacial score (nSPS) is 17.1. The molecule has 1 fully saturated rings. The predicted molar refractivity (Wildman–Crippen MR) is 73.8 cm³/mol. The van der Waals surface area contributed by atoms with Gasteiger partial charge in [0.1, 0.15) is 0 Å². The molecule has 2 heterocycles. The van der Waals surface area contributed by atoms with E-state index < -0.39 is 0 Å². The van der Waals surface area contributed by atoms with Crippen LogP contribution >= 0.6 is 0 Å². The Hall–Kier alpha value is -1.13. The van der Waals surface area contributed by atoms with Crippen molar-refractivity contribution < 1.29 is 4.74 Å². The van der Waals surface area contributed by atoms with Gasteiger partial charge in [-0.2, -0.15) is 0 Å². The number of piperidine rings is 1. The molecule has 0 bridgehead atoms. The Labute approximate surface area is 109 Å². The van der Waals surface area contributed by atoms with Crippen LogP contribution in [-0.2, 0) is 4.74 Å². The van der Waals surface area contributed by atoms with Crippen molar-refractivity contribution in [1.29, 1.82) is 0 Å². The van der Waals surface area contributed by atoms with Crippen molar-refractivity contribution in [3.8, 4) is 0 Å². The highest BCUT2D eigenvalue weighted by Gasteiger charge is 2.19. The maximum absolute atomic E-state index is 5.81. The van der Waals surface area contributed by atoms with Crippen LogP contribution in [0.2, 0.25) is 0 Å². The minimum Gasteiger partial charge on any atom is -0.378 e. The van der Waals surface area contributed by atoms with E-state index in [1.165, 1.54) is 5.69 Å². The highest BCUT2D eigenvalue weighted by molar-refractivity contribution is 5.46. The number of hydrogen-bond donors (Lipinski definition) is 1. The zero-order valence-corrected chi connectivity index (χ0v) is 11.1. The Balaban J connectivity index is 1.79. The molecule has 0 saturated carbocycles. The summed E-state index contributed by atoms with van der Waals surface area (Å²) in [6.07, 6.45) is 5.46. The van der Waals surface area contributed by atoms with Crippen LogP contribution in [0.1, 0.15) is 25.0 Å². The van der Waals surface area contributed by atoms with E-state index in [-0.39, 0.29) is 0 Å². The number of aromatic nitrogens is 1. The lowest BCUT2D eigenvalue weighted by Crippen LogP contribution is -2.37. The van der Waals surface area contributed by atoms with Crippen molar-refractivity contribution in [2.75, 3.05) is 31.1 Å². The van der Waals surface area contributed by atoms with Gasteiger partial charge in [-0.25, -0.2) is 0 Å². The van der Waals surface area contributed by atoms with Gasteiger partial charge in [-0.1, -0.05) is 0 Å². The lowest BCUT2D eigenvalue weighted by atomic mass is 10.1. The van der Waals surface area contributed by atoms with E-state index in [2.05, 4.69) is 22.0 Å². The Bertz CT molecular complexity index is 362. The fourth-order valence-electron chi connectivity index (χ4n) is 2.34. The summed E-state index contributed by atoms with van der Waals surface area (Å²) in [5, 5.41) is 0. The van der Waals surface area contributed by atoms with E-state index in [0.717, 1.165) is 51.2 Å². The maximum atomic E-state index is 5.81. The number of nitrogens with zero attached hydrogens (tertiary/aromatic N) is 2. The van der Waals surface area contributed by atoms with Gasteiger partial charge in [0.05, 0.1) is 6.10 Å². The molecule has 18 heavy (non-hydrogen) atoms. The second kappa shape index (κ2) is 6.71. The first kappa shape index (κ1) is 13.3. The molecule has 1 saturated heterocycles. The van der Waals surface area contributed by atoms with E-state index in [4.69, 9.17) is 10.5 Å². The molecule has 2 N–H and O–H groups in total. The average Bonchev–Trinajstić information content (AvgIpc) is 2.40. The molecule has 0 unspecified atom stereocenters. The third kappa shape index (κ3) is 3.68. The van der Waals surface area contributed by atoms with Gasteiger partial charge in [0.25, 0.3) is 0 Å². The van der Waals surface area contributed by atoms with Crippen LogP contribution in [-0.4, -0.2) is 37.3 Å². The summed E-state index contributed by atoms with van der Waals surface area (Å²) in [4.78, 5) is 6.65. The van der Waals surface area contributed by atoms with E-state index >= 15 is 0 Å². The van der Waals surface area contributed by atoms with Crippen LogP contribution in [0.3, 0.4) is 0 Å². The van der Waals surface area contributed by atoms with E-state index in [9.17, 15) is 0 Å². The summed E-state index contributed by atoms with van der Waals surface area (Å²) in [6, 6.07) is 4.23. The van der Waals surface area contributed by atoms with Crippen molar-refractivity contribution in [3.05, 3.63) is 24.0 Å². The standard InChI is InChI=1S/C14H23N3O/c1-12-11-13(3-7-16-12)17-8-4-14(5-9-17)18-10-2-6-15/h3,7,11,14H,2,4-6,8-10,15H2,1H3. The molecular weight excluding hydrogens is 226 g/mol. The van der Waals surface area contributed by atoms with Gasteiger partial charge in [-0.05, 0) is 44.9 Å². The first-order valence-corrected chi connectivity index (χ1v) is 6.79. The molecule has 4 heteroatoms. The molecular formula is C14H23N3O. The quantitative estimate of drug-likeness (QED) is 0.807. The molecule has 1 aromatic heterocycles. The number of nitrogens with two attached hydrogens (primary N) is 1. The van der Waals surface area contributed by atoms with Gasteiger partial charge < -0.3 is 15.4 Å². The van der Waals surface area contributed by atoms with Gasteiger partial charge in [0.15, 0.2) is 0 Å². The van der Waals surface area contributed by atoms with Gasteiger partial charge in [0.2, 0.25) is 0 Å². The lowest BCUT2D eigenvalue weighted by Gasteiger charge is -2.33. The highest BCUT2D eigenvalue weighted by Crippen LogP contribution is 2.21. The summed E-state index contributed by atoms with van der Waals surface area (Å²) in [6.45, 7) is 5.68. The number of aryl methyl sites for hydroxylation is 1. The average molecular weight is 249 g/mol. The van der Waals surface area contributed by atoms with Crippen LogP contribution < -0.4 is 10.6 Å². The fraction of sp³-hybridized carbons (Fsp3) is 0.643. The van der Waals surface area contributed by atoms with Crippen molar-refractivity contribution in [1.82, 2.24) is 4.98 Å². The highest BCUT2D eigenvalue weighted by atomic mass is 16.5. The molecule has 100 valence electrons.